The van der Waals surface area contributed by atoms with Gasteiger partial charge in [-0.1, -0.05) is 48.5 Å². The molecule has 1 aliphatic carbocycles. The highest BCUT2D eigenvalue weighted by Crippen LogP contribution is 2.46. The molecule has 0 spiro atoms. The molecule has 2 aromatic rings. The quantitative estimate of drug-likeness (QED) is 0.596. The highest BCUT2D eigenvalue weighted by Gasteiger charge is 2.53. The van der Waals surface area contributed by atoms with E-state index in [-0.39, 0.29) is 0 Å². The maximum Gasteiger partial charge on any atom is 0.494 e. The van der Waals surface area contributed by atoms with Crippen molar-refractivity contribution in [2.45, 2.75) is 115 Å². The fourth-order valence-electron chi connectivity index (χ4n) is 5.51. The van der Waals surface area contributed by atoms with Gasteiger partial charge in [0.15, 0.2) is 0 Å². The van der Waals surface area contributed by atoms with Gasteiger partial charge in [0, 0.05) is 0 Å². The lowest BCUT2D eigenvalue weighted by Gasteiger charge is -2.41. The highest BCUT2D eigenvalue weighted by molar-refractivity contribution is 6.62. The van der Waals surface area contributed by atoms with Gasteiger partial charge < -0.3 is 28.8 Å². The monoisotopic (exact) mass is 520 g/mol. The van der Waals surface area contributed by atoms with Crippen LogP contribution in [0.15, 0.2) is 48.5 Å². The Hall–Kier alpha value is -1.67. The highest BCUT2D eigenvalue weighted by atomic mass is 16.7. The molecule has 6 nitrogen and oxygen atoms in total. The Kier molecular flexibility index (Phi) is 6.54. The number of aliphatic hydroxyl groups is 2. The van der Waals surface area contributed by atoms with Gasteiger partial charge in [0.05, 0.1) is 33.6 Å². The fourth-order valence-corrected chi connectivity index (χ4v) is 5.51. The molecule has 38 heavy (non-hydrogen) atoms. The smallest absolute Gasteiger partial charge is 0.399 e. The van der Waals surface area contributed by atoms with Crippen molar-refractivity contribution in [1.29, 1.82) is 0 Å². The van der Waals surface area contributed by atoms with Crippen molar-refractivity contribution in [3.63, 3.8) is 0 Å². The fraction of sp³-hybridized carbons (Fsp3) is 0.600. The van der Waals surface area contributed by atoms with E-state index in [4.69, 9.17) is 18.6 Å². The number of rotatable bonds is 4. The molecule has 2 aromatic carbocycles. The van der Waals surface area contributed by atoms with Crippen molar-refractivity contribution in [3.05, 3.63) is 59.7 Å². The number of hydrogen-bond acceptors (Lipinski definition) is 6. The van der Waals surface area contributed by atoms with Gasteiger partial charge in [-0.25, -0.2) is 0 Å². The van der Waals surface area contributed by atoms with E-state index >= 15 is 0 Å². The largest absolute Gasteiger partial charge is 0.494 e. The standard InChI is InChI=1S/C30H42B2O6/c1-25(2)26(3,4)36-31(35-25)23-13-9-21(10-14-23)29(33)17-19-30(34,20-18-29)22-11-15-24(16-12-22)32-37-27(5,6)28(7,8)38-32/h9-16,33-34H,17-20H2,1-8H3. The molecule has 0 amide bonds. The maximum atomic E-state index is 11.5. The molecule has 2 aliphatic heterocycles. The molecule has 8 heteroatoms. The Labute approximate surface area is 228 Å². The average molecular weight is 520 g/mol. The van der Waals surface area contributed by atoms with Crippen LogP contribution < -0.4 is 10.9 Å². The molecule has 2 saturated heterocycles. The Bertz CT molecular complexity index is 1040. The van der Waals surface area contributed by atoms with Crippen LogP contribution in [0.1, 0.15) is 92.2 Å². The lowest BCUT2D eigenvalue weighted by atomic mass is 9.69. The van der Waals surface area contributed by atoms with E-state index in [1.54, 1.807) is 0 Å². The third kappa shape index (κ3) is 4.67. The van der Waals surface area contributed by atoms with Gasteiger partial charge in [-0.3, -0.25) is 0 Å². The molecule has 0 atom stereocenters. The zero-order valence-electron chi connectivity index (χ0n) is 24.1. The van der Waals surface area contributed by atoms with Crippen molar-refractivity contribution < 1.29 is 28.8 Å². The summed E-state index contributed by atoms with van der Waals surface area (Å²) in [7, 11) is -0.861. The van der Waals surface area contributed by atoms with E-state index in [0.717, 1.165) is 22.1 Å². The van der Waals surface area contributed by atoms with Crippen molar-refractivity contribution in [1.82, 2.24) is 0 Å². The van der Waals surface area contributed by atoms with Crippen LogP contribution in [0.25, 0.3) is 0 Å². The summed E-state index contributed by atoms with van der Waals surface area (Å²) < 4.78 is 24.7. The predicted molar refractivity (Wildman–Crippen MR) is 151 cm³/mol. The van der Waals surface area contributed by atoms with Crippen LogP contribution in [0.2, 0.25) is 0 Å². The summed E-state index contributed by atoms with van der Waals surface area (Å²) >= 11 is 0. The van der Waals surface area contributed by atoms with Gasteiger partial charge in [-0.2, -0.15) is 0 Å². The van der Waals surface area contributed by atoms with Gasteiger partial charge >= 0.3 is 14.2 Å². The summed E-state index contributed by atoms with van der Waals surface area (Å²) in [5, 5.41) is 23.0. The minimum Gasteiger partial charge on any atom is -0.399 e. The Morgan fingerprint density at radius 3 is 0.947 bits per heavy atom. The van der Waals surface area contributed by atoms with E-state index in [1.165, 1.54) is 0 Å². The van der Waals surface area contributed by atoms with E-state index in [0.29, 0.717) is 25.7 Å². The Morgan fingerprint density at radius 1 is 0.474 bits per heavy atom. The average Bonchev–Trinajstić information content (AvgIpc) is 3.21. The van der Waals surface area contributed by atoms with Crippen molar-refractivity contribution in [2.75, 3.05) is 0 Å². The van der Waals surface area contributed by atoms with Crippen molar-refractivity contribution in [2.24, 2.45) is 0 Å². The predicted octanol–water partition coefficient (Wildman–Crippen LogP) is 3.93. The second kappa shape index (κ2) is 8.92. The molecular formula is C30H42B2O6. The SMILES string of the molecule is CC1(C)OB(c2ccc(C3(O)CCC(O)(c4ccc(B5OC(C)(C)C(C)(C)O5)cc4)CC3)cc2)OC1(C)C. The molecule has 2 heterocycles. The summed E-state index contributed by atoms with van der Waals surface area (Å²) in [5.74, 6) is 0. The first-order chi connectivity index (χ1) is 17.5. The lowest BCUT2D eigenvalue weighted by molar-refractivity contribution is -0.0883. The third-order valence-electron chi connectivity index (χ3n) is 9.85. The normalized spacial score (nSPS) is 31.5. The number of hydrogen-bond donors (Lipinski definition) is 2. The van der Waals surface area contributed by atoms with Gasteiger partial charge in [-0.05, 0) is 103 Å². The Morgan fingerprint density at radius 2 is 0.711 bits per heavy atom. The maximum absolute atomic E-state index is 11.5. The van der Waals surface area contributed by atoms with E-state index < -0.39 is 47.8 Å². The van der Waals surface area contributed by atoms with Crippen LogP contribution >= 0.6 is 0 Å². The zero-order valence-corrected chi connectivity index (χ0v) is 24.1. The van der Waals surface area contributed by atoms with Gasteiger partial charge in [0.1, 0.15) is 0 Å². The van der Waals surface area contributed by atoms with Gasteiger partial charge in [0.2, 0.25) is 0 Å². The zero-order chi connectivity index (χ0) is 27.8. The molecule has 0 unspecified atom stereocenters. The van der Waals surface area contributed by atoms with E-state index in [2.05, 4.69) is 0 Å². The first-order valence-electron chi connectivity index (χ1n) is 13.8. The molecule has 5 rings (SSSR count). The Balaban J connectivity index is 1.24. The summed E-state index contributed by atoms with van der Waals surface area (Å²) in [4.78, 5) is 0. The van der Waals surface area contributed by atoms with Gasteiger partial charge in [0.25, 0.3) is 0 Å². The minimum absolute atomic E-state index is 0.398. The summed E-state index contributed by atoms with van der Waals surface area (Å²) in [6.07, 6.45) is 1.88. The second-order valence-corrected chi connectivity index (χ2v) is 13.5. The molecule has 0 radical (unpaired) electrons. The molecular weight excluding hydrogens is 478 g/mol. The van der Waals surface area contributed by atoms with E-state index in [9.17, 15) is 10.2 Å². The number of benzene rings is 2. The minimum atomic E-state index is -0.983. The second-order valence-electron chi connectivity index (χ2n) is 13.5. The van der Waals surface area contributed by atoms with Crippen LogP contribution in [0.3, 0.4) is 0 Å². The molecule has 0 bridgehead atoms. The molecule has 204 valence electrons. The van der Waals surface area contributed by atoms with Crippen molar-refractivity contribution >= 4 is 25.2 Å². The molecule has 0 aromatic heterocycles. The molecule has 2 N–H and O–H groups in total. The van der Waals surface area contributed by atoms with Crippen molar-refractivity contribution in [3.8, 4) is 0 Å². The third-order valence-corrected chi connectivity index (χ3v) is 9.85. The van der Waals surface area contributed by atoms with Crippen LogP contribution in [0.4, 0.5) is 0 Å². The summed E-state index contributed by atoms with van der Waals surface area (Å²) in [6.45, 7) is 16.3. The van der Waals surface area contributed by atoms with Crippen LogP contribution in [-0.2, 0) is 29.8 Å². The van der Waals surface area contributed by atoms with Crippen LogP contribution in [0, 0.1) is 0 Å². The first kappa shape index (κ1) is 27.9. The summed E-state index contributed by atoms with van der Waals surface area (Å²) in [5.41, 5.74) is 0.0285. The molecule has 3 fully saturated rings. The van der Waals surface area contributed by atoms with Crippen LogP contribution in [0.5, 0.6) is 0 Å². The van der Waals surface area contributed by atoms with Crippen LogP contribution in [-0.4, -0.2) is 46.9 Å². The summed E-state index contributed by atoms with van der Waals surface area (Å²) in [6, 6.07) is 15.8. The lowest BCUT2D eigenvalue weighted by Crippen LogP contribution is -2.41. The van der Waals surface area contributed by atoms with Gasteiger partial charge in [-0.15, -0.1) is 0 Å². The topological polar surface area (TPSA) is 77.4 Å². The first-order valence-corrected chi connectivity index (χ1v) is 13.8. The molecule has 1 saturated carbocycles. The van der Waals surface area contributed by atoms with E-state index in [1.807, 2.05) is 104 Å². The molecule has 3 aliphatic rings.